The molecule has 2 aromatic carbocycles. The Labute approximate surface area is 179 Å². The lowest BCUT2D eigenvalue weighted by Gasteiger charge is -2.13. The van der Waals surface area contributed by atoms with Gasteiger partial charge in [0.15, 0.2) is 6.61 Å². The van der Waals surface area contributed by atoms with Crippen molar-refractivity contribution in [2.24, 2.45) is 0 Å². The number of carbonyl (C=O) groups is 2. The molecule has 1 aromatic heterocycles. The van der Waals surface area contributed by atoms with Gasteiger partial charge in [0, 0.05) is 16.4 Å². The van der Waals surface area contributed by atoms with Crippen molar-refractivity contribution in [3.8, 4) is 11.8 Å². The highest BCUT2D eigenvalue weighted by atomic mass is 35.5. The number of nitrogens with one attached hydrogen (secondary N) is 1. The molecule has 30 heavy (non-hydrogen) atoms. The number of rotatable bonds is 6. The zero-order valence-corrected chi connectivity index (χ0v) is 17.4. The van der Waals surface area contributed by atoms with Crippen LogP contribution in [0.1, 0.15) is 22.4 Å². The molecule has 0 fully saturated rings. The second-order valence-electron chi connectivity index (χ2n) is 6.73. The van der Waals surface area contributed by atoms with Gasteiger partial charge in [-0.25, -0.2) is 0 Å². The first-order valence-electron chi connectivity index (χ1n) is 9.28. The van der Waals surface area contributed by atoms with Gasteiger partial charge in [0.05, 0.1) is 12.0 Å². The molecule has 1 heterocycles. The van der Waals surface area contributed by atoms with Gasteiger partial charge in [0.2, 0.25) is 0 Å². The first kappa shape index (κ1) is 21.2. The van der Waals surface area contributed by atoms with E-state index in [2.05, 4.69) is 11.4 Å². The Hall–Kier alpha value is -3.56. The summed E-state index contributed by atoms with van der Waals surface area (Å²) in [6, 6.07) is 18.4. The Morgan fingerprint density at radius 1 is 1.10 bits per heavy atom. The summed E-state index contributed by atoms with van der Waals surface area (Å²) in [7, 11) is 0. The second kappa shape index (κ2) is 9.29. The van der Waals surface area contributed by atoms with Crippen molar-refractivity contribution in [2.75, 3.05) is 11.9 Å². The number of esters is 1. The quantitative estimate of drug-likeness (QED) is 0.600. The van der Waals surface area contributed by atoms with Gasteiger partial charge in [0.25, 0.3) is 5.91 Å². The summed E-state index contributed by atoms with van der Waals surface area (Å²) < 4.78 is 6.90. The van der Waals surface area contributed by atoms with E-state index in [1.165, 1.54) is 0 Å². The van der Waals surface area contributed by atoms with Crippen LogP contribution in [0.2, 0.25) is 5.02 Å². The molecule has 0 aliphatic heterocycles. The molecule has 6 nitrogen and oxygen atoms in total. The van der Waals surface area contributed by atoms with E-state index in [1.807, 2.05) is 44.2 Å². The number of halogens is 1. The molecule has 0 saturated carbocycles. The van der Waals surface area contributed by atoms with Crippen LogP contribution in [0.3, 0.4) is 0 Å². The predicted octanol–water partition coefficient (Wildman–Crippen LogP) is 4.34. The van der Waals surface area contributed by atoms with Crippen LogP contribution in [0.5, 0.6) is 0 Å². The van der Waals surface area contributed by atoms with Crippen LogP contribution in [0.25, 0.3) is 5.69 Å². The molecule has 0 spiro atoms. The van der Waals surface area contributed by atoms with Crippen molar-refractivity contribution in [1.82, 2.24) is 4.57 Å². The number of hydrogen-bond donors (Lipinski definition) is 1. The molecule has 1 N–H and O–H groups in total. The SMILES string of the molecule is Cc1c(C#N)c(NC(=O)COC(=O)Cc2ccc(Cl)cc2)n(-c2ccccc2)c1C. The van der Waals surface area contributed by atoms with E-state index in [0.29, 0.717) is 16.4 Å². The van der Waals surface area contributed by atoms with E-state index in [9.17, 15) is 14.9 Å². The zero-order valence-electron chi connectivity index (χ0n) is 16.6. The molecule has 1 amide bonds. The van der Waals surface area contributed by atoms with Gasteiger partial charge >= 0.3 is 5.97 Å². The summed E-state index contributed by atoms with van der Waals surface area (Å²) in [6.07, 6.45) is 0.0342. The highest BCUT2D eigenvalue weighted by molar-refractivity contribution is 6.30. The van der Waals surface area contributed by atoms with Crippen LogP contribution < -0.4 is 5.32 Å². The molecule has 3 rings (SSSR count). The van der Waals surface area contributed by atoms with Gasteiger partial charge in [-0.3, -0.25) is 14.2 Å². The highest BCUT2D eigenvalue weighted by Crippen LogP contribution is 2.29. The molecule has 7 heteroatoms. The number of carbonyl (C=O) groups excluding carboxylic acids is 2. The Kier molecular flexibility index (Phi) is 6.55. The molecular weight excluding hydrogens is 402 g/mol. The molecule has 0 saturated heterocycles. The fourth-order valence-electron chi connectivity index (χ4n) is 3.09. The maximum Gasteiger partial charge on any atom is 0.310 e. The highest BCUT2D eigenvalue weighted by Gasteiger charge is 2.21. The monoisotopic (exact) mass is 421 g/mol. The maximum absolute atomic E-state index is 12.5. The van der Waals surface area contributed by atoms with E-state index in [0.717, 1.165) is 22.5 Å². The third-order valence-corrected chi connectivity index (χ3v) is 4.98. The van der Waals surface area contributed by atoms with Crippen LogP contribution in [-0.2, 0) is 20.7 Å². The number of aromatic nitrogens is 1. The van der Waals surface area contributed by atoms with Crippen molar-refractivity contribution in [3.63, 3.8) is 0 Å². The number of benzene rings is 2. The minimum Gasteiger partial charge on any atom is -0.455 e. The van der Waals surface area contributed by atoms with E-state index in [4.69, 9.17) is 16.3 Å². The van der Waals surface area contributed by atoms with E-state index < -0.39 is 18.5 Å². The van der Waals surface area contributed by atoms with Crippen LogP contribution in [0.4, 0.5) is 5.82 Å². The van der Waals surface area contributed by atoms with Crippen LogP contribution in [0.15, 0.2) is 54.6 Å². The van der Waals surface area contributed by atoms with Crippen LogP contribution in [-0.4, -0.2) is 23.1 Å². The Morgan fingerprint density at radius 2 is 1.77 bits per heavy atom. The Balaban J connectivity index is 1.72. The number of anilines is 1. The number of para-hydroxylation sites is 1. The van der Waals surface area contributed by atoms with Gasteiger partial charge < -0.3 is 10.1 Å². The number of nitrogens with zero attached hydrogens (tertiary/aromatic N) is 2. The molecule has 152 valence electrons. The van der Waals surface area contributed by atoms with Crippen LogP contribution in [0, 0.1) is 25.2 Å². The second-order valence-corrected chi connectivity index (χ2v) is 7.17. The standard InChI is InChI=1S/C23H20ClN3O3/c1-15-16(2)27(19-6-4-3-5-7-19)23(20(15)13-25)26-21(28)14-30-22(29)12-17-8-10-18(24)11-9-17/h3-11H,12,14H2,1-2H3,(H,26,28). The summed E-state index contributed by atoms with van der Waals surface area (Å²) in [5.74, 6) is -0.693. The van der Waals surface area contributed by atoms with Gasteiger partial charge in [-0.15, -0.1) is 0 Å². The average Bonchev–Trinajstić information content (AvgIpc) is 2.98. The van der Waals surface area contributed by atoms with Gasteiger partial charge in [0.1, 0.15) is 11.9 Å². The summed E-state index contributed by atoms with van der Waals surface area (Å²) >= 11 is 5.83. The minimum atomic E-state index is -0.529. The molecule has 0 aliphatic rings. The fraction of sp³-hybridized carbons (Fsp3) is 0.174. The van der Waals surface area contributed by atoms with E-state index in [1.54, 1.807) is 28.8 Å². The first-order chi connectivity index (χ1) is 14.4. The number of hydrogen-bond acceptors (Lipinski definition) is 4. The van der Waals surface area contributed by atoms with Gasteiger partial charge in [-0.2, -0.15) is 5.26 Å². The van der Waals surface area contributed by atoms with Gasteiger partial charge in [-0.1, -0.05) is 41.9 Å². The van der Waals surface area contributed by atoms with E-state index in [-0.39, 0.29) is 6.42 Å². The van der Waals surface area contributed by atoms with Gasteiger partial charge in [-0.05, 0) is 49.2 Å². The van der Waals surface area contributed by atoms with Crippen molar-refractivity contribution >= 4 is 29.3 Å². The molecule has 0 atom stereocenters. The predicted molar refractivity (Wildman–Crippen MR) is 115 cm³/mol. The molecular formula is C23H20ClN3O3. The smallest absolute Gasteiger partial charge is 0.310 e. The summed E-state index contributed by atoms with van der Waals surface area (Å²) in [4.78, 5) is 24.5. The molecule has 3 aromatic rings. The van der Waals surface area contributed by atoms with E-state index >= 15 is 0 Å². The number of nitriles is 1. The topological polar surface area (TPSA) is 84.1 Å². The van der Waals surface area contributed by atoms with Crippen molar-refractivity contribution in [3.05, 3.63) is 82.0 Å². The average molecular weight is 422 g/mol. The lowest BCUT2D eigenvalue weighted by molar-refractivity contribution is -0.146. The van der Waals surface area contributed by atoms with Crippen LogP contribution >= 0.6 is 11.6 Å². The summed E-state index contributed by atoms with van der Waals surface area (Å²) in [5, 5.41) is 12.9. The lowest BCUT2D eigenvalue weighted by Crippen LogP contribution is -2.23. The molecule has 0 radical (unpaired) electrons. The minimum absolute atomic E-state index is 0.0342. The number of amides is 1. The Bertz CT molecular complexity index is 1110. The fourth-order valence-corrected chi connectivity index (χ4v) is 3.22. The molecule has 0 unspecified atom stereocenters. The first-order valence-corrected chi connectivity index (χ1v) is 9.66. The van der Waals surface area contributed by atoms with Crippen molar-refractivity contribution < 1.29 is 14.3 Å². The molecule has 0 bridgehead atoms. The molecule has 0 aliphatic carbocycles. The number of ether oxygens (including phenoxy) is 1. The third-order valence-electron chi connectivity index (χ3n) is 4.72. The largest absolute Gasteiger partial charge is 0.455 e. The summed E-state index contributed by atoms with van der Waals surface area (Å²) in [5.41, 5.74) is 3.54. The lowest BCUT2D eigenvalue weighted by atomic mass is 10.1. The zero-order chi connectivity index (χ0) is 21.7. The van der Waals surface area contributed by atoms with Crippen molar-refractivity contribution in [2.45, 2.75) is 20.3 Å². The normalized spacial score (nSPS) is 10.3. The Morgan fingerprint density at radius 3 is 2.40 bits per heavy atom. The van der Waals surface area contributed by atoms with Crippen molar-refractivity contribution in [1.29, 1.82) is 5.26 Å². The maximum atomic E-state index is 12.5. The summed E-state index contributed by atoms with van der Waals surface area (Å²) in [6.45, 7) is 3.26. The third kappa shape index (κ3) is 4.70.